The molecule has 3 aliphatic rings. The van der Waals surface area contributed by atoms with E-state index in [1.54, 1.807) is 29.2 Å². The van der Waals surface area contributed by atoms with Gasteiger partial charge < -0.3 is 15.3 Å². The Bertz CT molecular complexity index is 724. The molecule has 1 heterocycles. The molecular formula is C19H22N2O4. The molecule has 0 bridgehead atoms. The van der Waals surface area contributed by atoms with Crippen LogP contribution in [-0.4, -0.2) is 40.9 Å². The van der Waals surface area contributed by atoms with Gasteiger partial charge in [0.05, 0.1) is 5.92 Å². The molecular weight excluding hydrogens is 320 g/mol. The Hall–Kier alpha value is -2.37. The standard InChI is InChI=1S/C19H22N2O4/c22-17(12-6-7-12)20-14-3-1-2-13(8-14)18(23)21-9-15(11-4-5-11)16(10-21)19(24)25/h1-3,8,11-12,15-16H,4-7,9-10H2,(H,20,22)(H,24,25)/t15-,16+/m1/s1. The fourth-order valence-corrected chi connectivity index (χ4v) is 3.76. The minimum Gasteiger partial charge on any atom is -0.481 e. The van der Waals surface area contributed by atoms with Crippen molar-refractivity contribution in [3.8, 4) is 0 Å². The molecule has 0 aromatic heterocycles. The minimum absolute atomic E-state index is 0.00510. The summed E-state index contributed by atoms with van der Waals surface area (Å²) < 4.78 is 0. The quantitative estimate of drug-likeness (QED) is 0.859. The van der Waals surface area contributed by atoms with Gasteiger partial charge in [-0.2, -0.15) is 0 Å². The van der Waals surface area contributed by atoms with E-state index in [0.29, 0.717) is 23.7 Å². The Morgan fingerprint density at radius 2 is 1.84 bits per heavy atom. The highest BCUT2D eigenvalue weighted by Gasteiger charge is 2.46. The van der Waals surface area contributed by atoms with Gasteiger partial charge in [0, 0.05) is 30.3 Å². The summed E-state index contributed by atoms with van der Waals surface area (Å²) >= 11 is 0. The molecule has 0 radical (unpaired) electrons. The highest BCUT2D eigenvalue weighted by molar-refractivity contribution is 5.98. The molecule has 25 heavy (non-hydrogen) atoms. The average molecular weight is 342 g/mol. The second kappa shape index (κ2) is 6.17. The lowest BCUT2D eigenvalue weighted by Crippen LogP contribution is -2.30. The summed E-state index contributed by atoms with van der Waals surface area (Å²) in [5.74, 6) is -0.801. The van der Waals surface area contributed by atoms with Crippen molar-refractivity contribution in [3.63, 3.8) is 0 Å². The molecule has 0 unspecified atom stereocenters. The second-order valence-electron chi connectivity index (χ2n) is 7.50. The van der Waals surface area contributed by atoms with Gasteiger partial charge in [0.2, 0.25) is 5.91 Å². The number of carbonyl (C=O) groups is 3. The van der Waals surface area contributed by atoms with E-state index >= 15 is 0 Å². The van der Waals surface area contributed by atoms with Crippen LogP contribution in [0, 0.1) is 23.7 Å². The number of rotatable bonds is 5. The molecule has 2 atom stereocenters. The summed E-state index contributed by atoms with van der Waals surface area (Å²) in [6.45, 7) is 0.785. The molecule has 6 heteroatoms. The van der Waals surface area contributed by atoms with E-state index in [1.165, 1.54) is 0 Å². The normalized spacial score (nSPS) is 25.7. The van der Waals surface area contributed by atoms with E-state index in [1.807, 2.05) is 0 Å². The number of hydrogen-bond donors (Lipinski definition) is 2. The summed E-state index contributed by atoms with van der Waals surface area (Å²) in [6, 6.07) is 6.92. The number of carbonyl (C=O) groups excluding carboxylic acids is 2. The predicted octanol–water partition coefficient (Wildman–Crippen LogP) is 2.22. The molecule has 132 valence electrons. The molecule has 1 saturated heterocycles. The number of nitrogens with one attached hydrogen (secondary N) is 1. The van der Waals surface area contributed by atoms with Crippen LogP contribution in [0.25, 0.3) is 0 Å². The lowest BCUT2D eigenvalue weighted by atomic mass is 9.92. The molecule has 2 saturated carbocycles. The number of carboxylic acids is 1. The van der Waals surface area contributed by atoms with Gasteiger partial charge in [-0.3, -0.25) is 14.4 Å². The molecule has 1 aliphatic heterocycles. The van der Waals surface area contributed by atoms with Crippen molar-refractivity contribution in [1.82, 2.24) is 4.90 Å². The van der Waals surface area contributed by atoms with Crippen LogP contribution < -0.4 is 5.32 Å². The lowest BCUT2D eigenvalue weighted by Gasteiger charge is -2.17. The van der Waals surface area contributed by atoms with E-state index in [4.69, 9.17) is 0 Å². The van der Waals surface area contributed by atoms with Gasteiger partial charge in [0.25, 0.3) is 5.91 Å². The van der Waals surface area contributed by atoms with Gasteiger partial charge in [-0.05, 0) is 55.7 Å². The Balaban J connectivity index is 1.47. The first-order valence-corrected chi connectivity index (χ1v) is 8.96. The first-order chi connectivity index (χ1) is 12.0. The maximum Gasteiger partial charge on any atom is 0.308 e. The molecule has 2 N–H and O–H groups in total. The van der Waals surface area contributed by atoms with E-state index in [9.17, 15) is 19.5 Å². The SMILES string of the molecule is O=C(Nc1cccc(C(=O)N2C[C@H](C(=O)O)[C@@H](C3CC3)C2)c1)C1CC1. The highest BCUT2D eigenvalue weighted by Crippen LogP contribution is 2.44. The Kier molecular flexibility index (Phi) is 3.98. The van der Waals surface area contributed by atoms with Gasteiger partial charge in [0.1, 0.15) is 0 Å². The van der Waals surface area contributed by atoms with Crippen molar-refractivity contribution < 1.29 is 19.5 Å². The maximum atomic E-state index is 12.8. The van der Waals surface area contributed by atoms with Crippen LogP contribution in [0.2, 0.25) is 0 Å². The monoisotopic (exact) mass is 342 g/mol. The number of aliphatic carboxylic acids is 1. The zero-order valence-corrected chi connectivity index (χ0v) is 14.0. The van der Waals surface area contributed by atoms with Crippen LogP contribution in [0.3, 0.4) is 0 Å². The highest BCUT2D eigenvalue weighted by atomic mass is 16.4. The topological polar surface area (TPSA) is 86.7 Å². The molecule has 4 rings (SSSR count). The van der Waals surface area contributed by atoms with Gasteiger partial charge in [-0.1, -0.05) is 6.07 Å². The van der Waals surface area contributed by atoms with Crippen LogP contribution in [0.15, 0.2) is 24.3 Å². The molecule has 1 aromatic carbocycles. The van der Waals surface area contributed by atoms with Crippen molar-refractivity contribution in [1.29, 1.82) is 0 Å². The van der Waals surface area contributed by atoms with Crippen LogP contribution in [-0.2, 0) is 9.59 Å². The summed E-state index contributed by atoms with van der Waals surface area (Å²) in [4.78, 5) is 37.9. The Morgan fingerprint density at radius 3 is 2.48 bits per heavy atom. The number of carboxylic acid groups (broad SMARTS) is 1. The zero-order chi connectivity index (χ0) is 17.6. The van der Waals surface area contributed by atoms with Crippen LogP contribution in [0.5, 0.6) is 0 Å². The summed E-state index contributed by atoms with van der Waals surface area (Å²) in [5.41, 5.74) is 1.12. The van der Waals surface area contributed by atoms with E-state index in [2.05, 4.69) is 5.32 Å². The minimum atomic E-state index is -0.808. The average Bonchev–Trinajstić information content (AvgIpc) is 3.51. The number of benzene rings is 1. The first kappa shape index (κ1) is 16.1. The number of likely N-dealkylation sites (tertiary alicyclic amines) is 1. The van der Waals surface area contributed by atoms with E-state index in [0.717, 1.165) is 25.7 Å². The zero-order valence-electron chi connectivity index (χ0n) is 14.0. The van der Waals surface area contributed by atoms with Gasteiger partial charge in [0.15, 0.2) is 0 Å². The van der Waals surface area contributed by atoms with Crippen molar-refractivity contribution in [2.75, 3.05) is 18.4 Å². The number of nitrogens with zero attached hydrogens (tertiary/aromatic N) is 1. The molecule has 1 aromatic rings. The number of anilines is 1. The van der Waals surface area contributed by atoms with Crippen molar-refractivity contribution in [2.24, 2.45) is 23.7 Å². The largest absolute Gasteiger partial charge is 0.481 e. The lowest BCUT2D eigenvalue weighted by molar-refractivity contribution is -0.142. The molecule has 6 nitrogen and oxygen atoms in total. The van der Waals surface area contributed by atoms with E-state index in [-0.39, 0.29) is 30.2 Å². The molecule has 0 spiro atoms. The van der Waals surface area contributed by atoms with Crippen molar-refractivity contribution >= 4 is 23.5 Å². The molecule has 2 aliphatic carbocycles. The molecule has 2 amide bonds. The smallest absolute Gasteiger partial charge is 0.308 e. The van der Waals surface area contributed by atoms with Crippen molar-refractivity contribution in [2.45, 2.75) is 25.7 Å². The van der Waals surface area contributed by atoms with Crippen molar-refractivity contribution in [3.05, 3.63) is 29.8 Å². The third kappa shape index (κ3) is 3.38. The van der Waals surface area contributed by atoms with Crippen LogP contribution in [0.4, 0.5) is 5.69 Å². The summed E-state index contributed by atoms with van der Waals surface area (Å²) in [7, 11) is 0. The van der Waals surface area contributed by atoms with Gasteiger partial charge >= 0.3 is 5.97 Å². The van der Waals surface area contributed by atoms with E-state index < -0.39 is 11.9 Å². The Morgan fingerprint density at radius 1 is 1.08 bits per heavy atom. The second-order valence-corrected chi connectivity index (χ2v) is 7.50. The van der Waals surface area contributed by atoms with Crippen LogP contribution >= 0.6 is 0 Å². The molecule has 3 fully saturated rings. The number of amides is 2. The van der Waals surface area contributed by atoms with Gasteiger partial charge in [-0.25, -0.2) is 0 Å². The third-order valence-electron chi connectivity index (χ3n) is 5.52. The van der Waals surface area contributed by atoms with Crippen LogP contribution in [0.1, 0.15) is 36.0 Å². The first-order valence-electron chi connectivity index (χ1n) is 8.96. The predicted molar refractivity (Wildman–Crippen MR) is 91.0 cm³/mol. The fraction of sp³-hybridized carbons (Fsp3) is 0.526. The van der Waals surface area contributed by atoms with Gasteiger partial charge in [-0.15, -0.1) is 0 Å². The Labute approximate surface area is 146 Å². The fourth-order valence-electron chi connectivity index (χ4n) is 3.76. The summed E-state index contributed by atoms with van der Waals surface area (Å²) in [6.07, 6.45) is 3.99. The maximum absolute atomic E-state index is 12.8. The summed E-state index contributed by atoms with van der Waals surface area (Å²) in [5, 5.41) is 12.3. The number of hydrogen-bond acceptors (Lipinski definition) is 3. The third-order valence-corrected chi connectivity index (χ3v) is 5.52.